The van der Waals surface area contributed by atoms with Crippen molar-refractivity contribution in [3.05, 3.63) is 53.6 Å². The van der Waals surface area contributed by atoms with Crippen LogP contribution >= 0.6 is 11.6 Å². The Balaban J connectivity index is 1.72. The molecule has 3 heterocycles. The second kappa shape index (κ2) is 6.80. The number of hydrogen-bond acceptors (Lipinski definition) is 4. The predicted octanol–water partition coefficient (Wildman–Crippen LogP) is 4.03. The molecule has 29 heavy (non-hydrogen) atoms. The monoisotopic (exact) mass is 425 g/mol. The van der Waals surface area contributed by atoms with Gasteiger partial charge < -0.3 is 4.90 Å². The van der Waals surface area contributed by atoms with E-state index in [1.54, 1.807) is 0 Å². The molecular weight excluding hydrogens is 414 g/mol. The van der Waals surface area contributed by atoms with Crippen LogP contribution in [0.1, 0.15) is 11.6 Å². The van der Waals surface area contributed by atoms with Gasteiger partial charge in [-0.25, -0.2) is 19.0 Å². The Morgan fingerprint density at radius 2 is 1.86 bits per heavy atom. The molecule has 1 aliphatic rings. The molecule has 0 spiro atoms. The van der Waals surface area contributed by atoms with Crippen LogP contribution in [0, 0.1) is 0 Å². The van der Waals surface area contributed by atoms with Crippen molar-refractivity contribution in [2.75, 3.05) is 13.1 Å². The molecule has 0 aliphatic carbocycles. The number of benzene rings is 1. The number of hydrogen-bond donors (Lipinski definition) is 0. The lowest BCUT2D eigenvalue weighted by Gasteiger charge is -2.38. The van der Waals surface area contributed by atoms with E-state index < -0.39 is 23.5 Å². The van der Waals surface area contributed by atoms with Gasteiger partial charge in [-0.3, -0.25) is 4.79 Å². The van der Waals surface area contributed by atoms with Crippen LogP contribution in [0.25, 0.3) is 22.4 Å². The zero-order valence-electron chi connectivity index (χ0n) is 14.6. The van der Waals surface area contributed by atoms with Crippen LogP contribution in [0.2, 0.25) is 5.15 Å². The van der Waals surface area contributed by atoms with E-state index in [1.807, 2.05) is 0 Å². The summed E-state index contributed by atoms with van der Waals surface area (Å²) in [5.41, 5.74) is 0.649. The fourth-order valence-electron chi connectivity index (χ4n) is 3.10. The molecule has 1 aromatic carbocycles. The van der Waals surface area contributed by atoms with Gasteiger partial charge in [0.1, 0.15) is 16.4 Å². The molecule has 4 rings (SSSR count). The van der Waals surface area contributed by atoms with E-state index in [9.17, 15) is 22.4 Å². The Hall–Kier alpha value is -3.01. The summed E-state index contributed by atoms with van der Waals surface area (Å²) in [5, 5.41) is 4.56. The number of halogens is 5. The maximum atomic E-state index is 13.0. The molecule has 1 amide bonds. The highest BCUT2D eigenvalue weighted by atomic mass is 35.5. The maximum absolute atomic E-state index is 13.0. The summed E-state index contributed by atoms with van der Waals surface area (Å²) in [7, 11) is 0. The van der Waals surface area contributed by atoms with Gasteiger partial charge in [0.05, 0.1) is 17.8 Å². The predicted molar refractivity (Wildman–Crippen MR) is 96.6 cm³/mol. The van der Waals surface area contributed by atoms with Gasteiger partial charge in [0.2, 0.25) is 0 Å². The highest BCUT2D eigenvalue weighted by molar-refractivity contribution is 6.29. The van der Waals surface area contributed by atoms with Crippen molar-refractivity contribution in [1.29, 1.82) is 0 Å². The minimum Gasteiger partial charge on any atom is -0.332 e. The van der Waals surface area contributed by atoms with E-state index in [4.69, 9.17) is 11.6 Å². The standard InChI is InChI=1S/C18H12ClF4N5O/c1-9(20)17(29)27-7-12(8-27)28-16-15(24-6-13(19)25-16)14(26-28)10-2-4-11(5-3-10)18(21,22)23/h2-6,12H,1,7-8H2. The molecule has 150 valence electrons. The van der Waals surface area contributed by atoms with Crippen molar-refractivity contribution >= 4 is 28.7 Å². The lowest BCUT2D eigenvalue weighted by atomic mass is 10.1. The average Bonchev–Trinajstić information content (AvgIpc) is 2.98. The van der Waals surface area contributed by atoms with Crippen molar-refractivity contribution in [3.8, 4) is 11.3 Å². The average molecular weight is 426 g/mol. The Morgan fingerprint density at radius 1 is 1.21 bits per heavy atom. The summed E-state index contributed by atoms with van der Waals surface area (Å²) in [5.74, 6) is -1.85. The zero-order valence-corrected chi connectivity index (χ0v) is 15.4. The maximum Gasteiger partial charge on any atom is 0.416 e. The third kappa shape index (κ3) is 3.44. The molecule has 6 nitrogen and oxygen atoms in total. The molecule has 2 aromatic heterocycles. The molecule has 1 aliphatic heterocycles. The van der Waals surface area contributed by atoms with E-state index >= 15 is 0 Å². The van der Waals surface area contributed by atoms with Crippen molar-refractivity contribution in [3.63, 3.8) is 0 Å². The highest BCUT2D eigenvalue weighted by Gasteiger charge is 2.36. The number of alkyl halides is 3. The Morgan fingerprint density at radius 3 is 2.45 bits per heavy atom. The van der Waals surface area contributed by atoms with Gasteiger partial charge in [-0.15, -0.1) is 0 Å². The van der Waals surface area contributed by atoms with Crippen LogP contribution < -0.4 is 0 Å². The van der Waals surface area contributed by atoms with Crippen LogP contribution in [0.4, 0.5) is 17.6 Å². The molecule has 0 atom stereocenters. The minimum absolute atomic E-state index is 0.113. The first-order chi connectivity index (χ1) is 13.6. The number of carbonyl (C=O) groups is 1. The molecule has 0 N–H and O–H groups in total. The summed E-state index contributed by atoms with van der Waals surface area (Å²) >= 11 is 5.94. The molecule has 11 heteroatoms. The number of nitrogens with zero attached hydrogens (tertiary/aromatic N) is 5. The van der Waals surface area contributed by atoms with Gasteiger partial charge in [-0.05, 0) is 12.1 Å². The number of rotatable bonds is 3. The van der Waals surface area contributed by atoms with Gasteiger partial charge >= 0.3 is 6.18 Å². The largest absolute Gasteiger partial charge is 0.416 e. The Labute approximate surface area is 166 Å². The summed E-state index contributed by atoms with van der Waals surface area (Å²) in [6.07, 6.45) is -3.14. The molecule has 0 saturated carbocycles. The van der Waals surface area contributed by atoms with Crippen molar-refractivity contribution < 1.29 is 22.4 Å². The smallest absolute Gasteiger partial charge is 0.332 e. The van der Waals surface area contributed by atoms with Crippen LogP contribution in [-0.2, 0) is 11.0 Å². The second-order valence-electron chi connectivity index (χ2n) is 6.50. The third-order valence-electron chi connectivity index (χ3n) is 4.59. The van der Waals surface area contributed by atoms with Gasteiger partial charge in [-0.2, -0.15) is 18.3 Å². The lowest BCUT2D eigenvalue weighted by molar-refractivity contribution is -0.137. The number of amides is 1. The molecule has 3 aromatic rings. The summed E-state index contributed by atoms with van der Waals surface area (Å²) in [6, 6.07) is 4.21. The van der Waals surface area contributed by atoms with E-state index in [-0.39, 0.29) is 24.3 Å². The topological polar surface area (TPSA) is 63.9 Å². The number of likely N-dealkylation sites (tertiary alicyclic amines) is 1. The molecular formula is C18H12ClF4N5O. The van der Waals surface area contributed by atoms with Crippen LogP contribution in [0.15, 0.2) is 42.9 Å². The Bertz CT molecular complexity index is 1120. The molecule has 1 saturated heterocycles. The van der Waals surface area contributed by atoms with Gasteiger partial charge in [0.15, 0.2) is 11.5 Å². The normalized spacial score (nSPS) is 14.9. The highest BCUT2D eigenvalue weighted by Crippen LogP contribution is 2.34. The first-order valence-corrected chi connectivity index (χ1v) is 8.75. The number of carbonyl (C=O) groups excluding carboxylic acids is 1. The number of aromatic nitrogens is 4. The Kier molecular flexibility index (Phi) is 4.53. The van der Waals surface area contributed by atoms with E-state index in [0.29, 0.717) is 22.4 Å². The fraction of sp³-hybridized carbons (Fsp3) is 0.222. The molecule has 1 fully saturated rings. The van der Waals surface area contributed by atoms with Crippen LogP contribution in [0.3, 0.4) is 0 Å². The van der Waals surface area contributed by atoms with Crippen LogP contribution in [-0.4, -0.2) is 43.6 Å². The lowest BCUT2D eigenvalue weighted by Crippen LogP contribution is -2.51. The second-order valence-corrected chi connectivity index (χ2v) is 6.89. The fourth-order valence-corrected chi connectivity index (χ4v) is 3.23. The summed E-state index contributed by atoms with van der Waals surface area (Å²) in [6.45, 7) is 3.34. The van der Waals surface area contributed by atoms with E-state index in [1.165, 1.54) is 27.9 Å². The quantitative estimate of drug-likeness (QED) is 0.469. The molecule has 0 bridgehead atoms. The van der Waals surface area contributed by atoms with Crippen molar-refractivity contribution in [1.82, 2.24) is 24.6 Å². The number of fused-ring (bicyclic) bond motifs is 1. The first-order valence-electron chi connectivity index (χ1n) is 8.37. The van der Waals surface area contributed by atoms with E-state index in [0.717, 1.165) is 12.1 Å². The molecule has 0 unspecified atom stereocenters. The summed E-state index contributed by atoms with van der Waals surface area (Å²) < 4.78 is 53.0. The SMILES string of the molecule is C=C(F)C(=O)N1CC(n2nc(-c3ccc(C(F)(F)F)cc3)c3ncc(Cl)nc32)C1. The van der Waals surface area contributed by atoms with Crippen molar-refractivity contribution in [2.45, 2.75) is 12.2 Å². The van der Waals surface area contributed by atoms with Gasteiger partial charge in [0, 0.05) is 18.7 Å². The first kappa shape index (κ1) is 19.3. The van der Waals surface area contributed by atoms with Crippen molar-refractivity contribution in [2.24, 2.45) is 0 Å². The molecule has 0 radical (unpaired) electrons. The third-order valence-corrected chi connectivity index (χ3v) is 4.77. The van der Waals surface area contributed by atoms with Gasteiger partial charge in [-0.1, -0.05) is 30.3 Å². The summed E-state index contributed by atoms with van der Waals surface area (Å²) in [4.78, 5) is 21.3. The van der Waals surface area contributed by atoms with Gasteiger partial charge in [0.25, 0.3) is 5.91 Å². The zero-order chi connectivity index (χ0) is 20.9. The van der Waals surface area contributed by atoms with E-state index in [2.05, 4.69) is 21.6 Å². The minimum atomic E-state index is -4.45. The van der Waals surface area contributed by atoms with Crippen LogP contribution in [0.5, 0.6) is 0 Å².